The lowest BCUT2D eigenvalue weighted by molar-refractivity contribution is 1.17. The third-order valence-electron chi connectivity index (χ3n) is 3.46. The van der Waals surface area contributed by atoms with Gasteiger partial charge in [-0.05, 0) is 54.1 Å². The largest absolute Gasteiger partial charge is 0.140 e. The molecule has 0 bridgehead atoms. The summed E-state index contributed by atoms with van der Waals surface area (Å²) in [5.74, 6) is 0. The first-order valence-electron chi connectivity index (χ1n) is 6.36. The molecule has 0 unspecified atom stereocenters. The smallest absolute Gasteiger partial charge is 0.0345 e. The topological polar surface area (TPSA) is 0 Å². The van der Waals surface area contributed by atoms with E-state index in [9.17, 15) is 0 Å². The first-order valence-corrected chi connectivity index (χ1v) is 7.97. The molecule has 3 rings (SSSR count). The number of aryl methyl sites for hydroxylation is 2. The van der Waals surface area contributed by atoms with Crippen LogP contribution in [0.25, 0.3) is 10.1 Å². The lowest BCUT2D eigenvalue weighted by atomic mass is 10.0. The predicted octanol–water partition coefficient (Wildman–Crippen LogP) is 5.87. The Hall–Kier alpha value is -1.12. The number of benzene rings is 2. The lowest BCUT2D eigenvalue weighted by Crippen LogP contribution is -1.91. The van der Waals surface area contributed by atoms with Gasteiger partial charge in [0.05, 0.1) is 0 Å². The number of thiophene rings is 1. The van der Waals surface area contributed by atoms with Crippen LogP contribution in [0.3, 0.4) is 0 Å². The highest BCUT2D eigenvalue weighted by Crippen LogP contribution is 2.29. The average molecular weight is 331 g/mol. The summed E-state index contributed by atoms with van der Waals surface area (Å²) in [5.41, 5.74) is 4.08. The van der Waals surface area contributed by atoms with E-state index in [0.717, 1.165) is 6.42 Å². The number of fused-ring (bicyclic) bond motifs is 1. The second kappa shape index (κ2) is 5.10. The van der Waals surface area contributed by atoms with Crippen LogP contribution in [0.5, 0.6) is 0 Å². The van der Waals surface area contributed by atoms with Crippen molar-refractivity contribution in [1.82, 2.24) is 0 Å². The first kappa shape index (κ1) is 12.9. The fourth-order valence-corrected chi connectivity index (χ4v) is 3.85. The molecule has 0 spiro atoms. The van der Waals surface area contributed by atoms with E-state index in [4.69, 9.17) is 0 Å². The van der Waals surface area contributed by atoms with Crippen LogP contribution in [0.15, 0.2) is 46.9 Å². The maximum Gasteiger partial charge on any atom is 0.0345 e. The summed E-state index contributed by atoms with van der Waals surface area (Å²) in [6.07, 6.45) is 1.02. The third-order valence-corrected chi connectivity index (χ3v) is 5.43. The average Bonchev–Trinajstić information content (AvgIpc) is 2.78. The molecule has 0 aliphatic rings. The monoisotopic (exact) mass is 330 g/mol. The standard InChI is InChI=1S/C17H15BrS/c1-11-7-12(2)16(18)10-14(11)9-15-8-13-5-3-4-6-17(13)19-15/h3-8,10H,9H2,1-2H3. The molecular weight excluding hydrogens is 316 g/mol. The molecule has 0 saturated carbocycles. The van der Waals surface area contributed by atoms with Crippen LogP contribution in [-0.4, -0.2) is 0 Å². The molecule has 3 aromatic rings. The molecule has 0 fully saturated rings. The van der Waals surface area contributed by atoms with Gasteiger partial charge in [-0.2, -0.15) is 0 Å². The Balaban J connectivity index is 1.98. The maximum atomic E-state index is 3.63. The van der Waals surface area contributed by atoms with Gasteiger partial charge in [-0.25, -0.2) is 0 Å². The van der Waals surface area contributed by atoms with Crippen molar-refractivity contribution in [1.29, 1.82) is 0 Å². The zero-order chi connectivity index (χ0) is 13.4. The Morgan fingerprint density at radius 3 is 2.58 bits per heavy atom. The highest BCUT2D eigenvalue weighted by molar-refractivity contribution is 9.10. The lowest BCUT2D eigenvalue weighted by Gasteiger charge is -2.07. The molecule has 2 aromatic carbocycles. The van der Waals surface area contributed by atoms with Crippen LogP contribution in [0, 0.1) is 13.8 Å². The van der Waals surface area contributed by atoms with Gasteiger partial charge in [0.25, 0.3) is 0 Å². The minimum Gasteiger partial charge on any atom is -0.140 e. The molecule has 1 heterocycles. The number of rotatable bonds is 2. The van der Waals surface area contributed by atoms with Gasteiger partial charge in [0.15, 0.2) is 0 Å². The Labute approximate surface area is 126 Å². The van der Waals surface area contributed by atoms with E-state index in [-0.39, 0.29) is 0 Å². The van der Waals surface area contributed by atoms with Crippen LogP contribution < -0.4 is 0 Å². The third kappa shape index (κ3) is 2.60. The van der Waals surface area contributed by atoms with Crippen molar-refractivity contribution in [3.05, 3.63) is 68.5 Å². The Bertz CT molecular complexity index is 707. The fraction of sp³-hybridized carbons (Fsp3) is 0.176. The molecular formula is C17H15BrS. The van der Waals surface area contributed by atoms with Gasteiger partial charge in [-0.1, -0.05) is 40.2 Å². The summed E-state index contributed by atoms with van der Waals surface area (Å²) < 4.78 is 2.58. The van der Waals surface area contributed by atoms with E-state index < -0.39 is 0 Å². The van der Waals surface area contributed by atoms with E-state index >= 15 is 0 Å². The minimum atomic E-state index is 1.02. The predicted molar refractivity (Wildman–Crippen MR) is 88.2 cm³/mol. The second-order valence-electron chi connectivity index (χ2n) is 4.96. The van der Waals surface area contributed by atoms with Gasteiger partial charge in [0, 0.05) is 20.5 Å². The van der Waals surface area contributed by atoms with Crippen molar-refractivity contribution in [3.63, 3.8) is 0 Å². The highest BCUT2D eigenvalue weighted by Gasteiger charge is 2.06. The second-order valence-corrected chi connectivity index (χ2v) is 6.98. The summed E-state index contributed by atoms with van der Waals surface area (Å²) in [5, 5.41) is 1.35. The SMILES string of the molecule is Cc1cc(C)c(Cc2cc3ccccc3s2)cc1Br. The van der Waals surface area contributed by atoms with Crippen LogP contribution in [0.1, 0.15) is 21.6 Å². The molecule has 0 atom stereocenters. The maximum absolute atomic E-state index is 3.63. The van der Waals surface area contributed by atoms with E-state index in [1.165, 1.54) is 36.1 Å². The van der Waals surface area contributed by atoms with Crippen LogP contribution in [-0.2, 0) is 6.42 Å². The molecule has 0 amide bonds. The van der Waals surface area contributed by atoms with Gasteiger partial charge in [0.1, 0.15) is 0 Å². The molecule has 0 saturated heterocycles. The summed E-state index contributed by atoms with van der Waals surface area (Å²) in [6.45, 7) is 4.34. The Morgan fingerprint density at radius 2 is 1.79 bits per heavy atom. The number of halogens is 1. The molecule has 96 valence electrons. The molecule has 0 nitrogen and oxygen atoms in total. The molecule has 0 radical (unpaired) electrons. The van der Waals surface area contributed by atoms with Gasteiger partial charge < -0.3 is 0 Å². The molecule has 2 heteroatoms. The van der Waals surface area contributed by atoms with E-state index in [0.29, 0.717) is 0 Å². The van der Waals surface area contributed by atoms with E-state index in [1.54, 1.807) is 0 Å². The fourth-order valence-electron chi connectivity index (χ4n) is 2.37. The van der Waals surface area contributed by atoms with Crippen LogP contribution in [0.4, 0.5) is 0 Å². The van der Waals surface area contributed by atoms with Gasteiger partial charge >= 0.3 is 0 Å². The summed E-state index contributed by atoms with van der Waals surface area (Å²) in [6, 6.07) is 15.4. The van der Waals surface area contributed by atoms with Crippen molar-refractivity contribution < 1.29 is 0 Å². The van der Waals surface area contributed by atoms with Gasteiger partial charge in [0.2, 0.25) is 0 Å². The van der Waals surface area contributed by atoms with E-state index in [2.05, 4.69) is 72.2 Å². The molecule has 0 aliphatic carbocycles. The zero-order valence-electron chi connectivity index (χ0n) is 11.0. The number of hydrogen-bond acceptors (Lipinski definition) is 1. The van der Waals surface area contributed by atoms with Crippen molar-refractivity contribution in [2.45, 2.75) is 20.3 Å². The first-order chi connectivity index (χ1) is 9.13. The highest BCUT2D eigenvalue weighted by atomic mass is 79.9. The Morgan fingerprint density at radius 1 is 1.00 bits per heavy atom. The molecule has 1 aromatic heterocycles. The van der Waals surface area contributed by atoms with Crippen molar-refractivity contribution in [2.75, 3.05) is 0 Å². The van der Waals surface area contributed by atoms with Crippen molar-refractivity contribution in [2.24, 2.45) is 0 Å². The van der Waals surface area contributed by atoms with Crippen molar-refractivity contribution >= 4 is 37.4 Å². The molecule has 0 N–H and O–H groups in total. The van der Waals surface area contributed by atoms with Crippen molar-refractivity contribution in [3.8, 4) is 0 Å². The van der Waals surface area contributed by atoms with Gasteiger partial charge in [-0.3, -0.25) is 0 Å². The molecule has 0 aliphatic heterocycles. The zero-order valence-corrected chi connectivity index (χ0v) is 13.4. The summed E-state index contributed by atoms with van der Waals surface area (Å²) in [4.78, 5) is 1.43. The summed E-state index contributed by atoms with van der Waals surface area (Å²) in [7, 11) is 0. The summed E-state index contributed by atoms with van der Waals surface area (Å²) >= 11 is 5.53. The number of hydrogen-bond donors (Lipinski definition) is 0. The van der Waals surface area contributed by atoms with Gasteiger partial charge in [-0.15, -0.1) is 11.3 Å². The minimum absolute atomic E-state index is 1.02. The van der Waals surface area contributed by atoms with Crippen LogP contribution >= 0.6 is 27.3 Å². The quantitative estimate of drug-likeness (QED) is 0.551. The van der Waals surface area contributed by atoms with Crippen LogP contribution in [0.2, 0.25) is 0 Å². The van der Waals surface area contributed by atoms with E-state index in [1.807, 2.05) is 11.3 Å². The normalized spacial score (nSPS) is 11.1. The molecule has 19 heavy (non-hydrogen) atoms. The Kier molecular flexibility index (Phi) is 3.46.